The molecule has 3 aromatic rings. The maximum absolute atomic E-state index is 13.8. The van der Waals surface area contributed by atoms with Crippen LogP contribution in [0.5, 0.6) is 5.75 Å². The van der Waals surface area contributed by atoms with Gasteiger partial charge < -0.3 is 20.5 Å². The highest BCUT2D eigenvalue weighted by Gasteiger charge is 2.48. The van der Waals surface area contributed by atoms with Gasteiger partial charge in [0, 0.05) is 41.5 Å². The van der Waals surface area contributed by atoms with E-state index in [1.54, 1.807) is 29.2 Å². The maximum atomic E-state index is 13.8. The van der Waals surface area contributed by atoms with E-state index in [1.807, 2.05) is 25.5 Å². The molecule has 0 saturated heterocycles. The molecule has 0 spiro atoms. The number of amides is 2. The van der Waals surface area contributed by atoms with Gasteiger partial charge in [-0.2, -0.15) is 10.2 Å². The Balaban J connectivity index is 1.32. The van der Waals surface area contributed by atoms with Gasteiger partial charge in [0.2, 0.25) is 5.91 Å². The average molecular weight is 612 g/mol. The first-order chi connectivity index (χ1) is 20.5. The molecule has 3 N–H and O–H groups in total. The van der Waals surface area contributed by atoms with Gasteiger partial charge in [0.15, 0.2) is 11.6 Å². The van der Waals surface area contributed by atoms with Crippen molar-refractivity contribution in [3.8, 4) is 16.9 Å². The molecule has 2 amide bonds. The topological polar surface area (TPSA) is 136 Å². The van der Waals surface area contributed by atoms with Crippen LogP contribution in [0.4, 0.5) is 5.82 Å². The molecule has 2 saturated carbocycles. The summed E-state index contributed by atoms with van der Waals surface area (Å²) in [4.78, 5) is 31.5. The van der Waals surface area contributed by atoms with E-state index in [9.17, 15) is 14.7 Å². The summed E-state index contributed by atoms with van der Waals surface area (Å²) in [5.74, 6) is 1.11. The van der Waals surface area contributed by atoms with Crippen LogP contribution in [0.15, 0.2) is 24.5 Å². The second kappa shape index (κ2) is 12.7. The van der Waals surface area contributed by atoms with Crippen LogP contribution in [0.2, 0.25) is 0 Å². The molecule has 0 bridgehead atoms. The zero-order valence-corrected chi connectivity index (χ0v) is 26.9. The first-order valence-corrected chi connectivity index (χ1v) is 18.1. The molecule has 3 aromatic heterocycles. The molecule has 1 atom stereocenters. The van der Waals surface area contributed by atoms with Gasteiger partial charge in [0.1, 0.15) is 18.5 Å². The number of hydrogen-bond donors (Lipinski definition) is 3. The number of nitrogens with zero attached hydrogens (tertiary/aromatic N) is 5. The summed E-state index contributed by atoms with van der Waals surface area (Å²) in [5.41, 5.74) is 3.69. The quantitative estimate of drug-likeness (QED) is 0.231. The monoisotopic (exact) mass is 611 g/mol. The summed E-state index contributed by atoms with van der Waals surface area (Å²) in [5, 5.41) is 25.7. The van der Waals surface area contributed by atoms with E-state index < -0.39 is 16.1 Å². The molecule has 1 unspecified atom stereocenters. The summed E-state index contributed by atoms with van der Waals surface area (Å²) in [7, 11) is -0.629. The highest BCUT2D eigenvalue weighted by atomic mass is 32.3. The third-order valence-electron chi connectivity index (χ3n) is 8.37. The van der Waals surface area contributed by atoms with Crippen molar-refractivity contribution in [2.24, 2.45) is 17.8 Å². The third-order valence-corrected chi connectivity index (χ3v) is 9.76. The molecule has 0 radical (unpaired) electrons. The fourth-order valence-corrected chi connectivity index (χ4v) is 6.42. The van der Waals surface area contributed by atoms with Crippen molar-refractivity contribution in [1.29, 1.82) is 0 Å². The number of hydrogen-bond acceptors (Lipinski definition) is 7. The van der Waals surface area contributed by atoms with Crippen molar-refractivity contribution in [1.82, 2.24) is 29.9 Å². The van der Waals surface area contributed by atoms with Crippen LogP contribution < -0.4 is 10.6 Å². The molecule has 11 nitrogen and oxygen atoms in total. The Morgan fingerprint density at radius 3 is 2.44 bits per heavy atom. The van der Waals surface area contributed by atoms with E-state index >= 15 is 0 Å². The van der Waals surface area contributed by atoms with Crippen molar-refractivity contribution < 1.29 is 19.4 Å². The predicted molar refractivity (Wildman–Crippen MR) is 170 cm³/mol. The highest BCUT2D eigenvalue weighted by Crippen LogP contribution is 2.51. The second-order valence-corrected chi connectivity index (χ2v) is 17.3. The molecule has 12 heteroatoms. The summed E-state index contributed by atoms with van der Waals surface area (Å²) >= 11 is 0. The van der Waals surface area contributed by atoms with E-state index in [0.29, 0.717) is 43.0 Å². The zero-order valence-electron chi connectivity index (χ0n) is 26.1. The molecule has 43 heavy (non-hydrogen) atoms. The predicted octanol–water partition coefficient (Wildman–Crippen LogP) is 4.33. The van der Waals surface area contributed by atoms with E-state index in [2.05, 4.69) is 44.6 Å². The number of ether oxygens (including phenoxy) is 1. The lowest BCUT2D eigenvalue weighted by molar-refractivity contribution is -0.119. The molecule has 2 aliphatic rings. The summed E-state index contributed by atoms with van der Waals surface area (Å²) in [6.45, 7) is 7.38. The van der Waals surface area contributed by atoms with Crippen LogP contribution in [0, 0.1) is 31.6 Å². The van der Waals surface area contributed by atoms with E-state index in [-0.39, 0.29) is 29.3 Å². The van der Waals surface area contributed by atoms with Gasteiger partial charge in [0.25, 0.3) is 5.91 Å². The van der Waals surface area contributed by atoms with Crippen LogP contribution in [0.1, 0.15) is 54.5 Å². The Morgan fingerprint density at radius 1 is 1.14 bits per heavy atom. The number of aromatic hydroxyl groups is 1. The van der Waals surface area contributed by atoms with Crippen LogP contribution in [0.3, 0.4) is 0 Å². The highest BCUT2D eigenvalue weighted by molar-refractivity contribution is 8.32. The van der Waals surface area contributed by atoms with Gasteiger partial charge >= 0.3 is 0 Å². The summed E-state index contributed by atoms with van der Waals surface area (Å²) in [6.07, 6.45) is 14.2. The maximum Gasteiger partial charge on any atom is 0.270 e. The number of aromatic nitrogens is 5. The van der Waals surface area contributed by atoms with Gasteiger partial charge in [-0.3, -0.25) is 14.3 Å². The minimum absolute atomic E-state index is 0.0477. The lowest BCUT2D eigenvalue weighted by Crippen LogP contribution is -2.50. The smallest absolute Gasteiger partial charge is 0.270 e. The van der Waals surface area contributed by atoms with Crippen molar-refractivity contribution >= 4 is 27.7 Å². The van der Waals surface area contributed by atoms with Crippen LogP contribution >= 0.6 is 10.0 Å². The third kappa shape index (κ3) is 7.41. The molecular weight excluding hydrogens is 566 g/mol. The van der Waals surface area contributed by atoms with E-state index in [0.717, 1.165) is 48.4 Å². The number of nitrogens with one attached hydrogen (secondary N) is 2. The Labute approximate surface area is 255 Å². The zero-order chi connectivity index (χ0) is 30.9. The number of anilines is 1. The lowest BCUT2D eigenvalue weighted by Gasteiger charge is -2.27. The first-order valence-electron chi connectivity index (χ1n) is 15.1. The van der Waals surface area contributed by atoms with Crippen LogP contribution in [-0.2, 0) is 22.8 Å². The van der Waals surface area contributed by atoms with Gasteiger partial charge in [-0.15, -0.1) is 0 Å². The number of pyridine rings is 1. The normalized spacial score (nSPS) is 16.3. The summed E-state index contributed by atoms with van der Waals surface area (Å²) in [6, 6.07) is 2.52. The second-order valence-electron chi connectivity index (χ2n) is 12.7. The van der Waals surface area contributed by atoms with Gasteiger partial charge in [-0.25, -0.2) is 19.7 Å². The summed E-state index contributed by atoms with van der Waals surface area (Å²) < 4.78 is 9.33. The number of aryl methyl sites for hydroxylation is 2. The molecule has 0 aromatic carbocycles. The first kappa shape index (κ1) is 31.1. The number of rotatable bonds is 14. The van der Waals surface area contributed by atoms with Crippen LogP contribution in [0.25, 0.3) is 11.1 Å². The van der Waals surface area contributed by atoms with Crippen molar-refractivity contribution in [3.05, 3.63) is 41.6 Å². The van der Waals surface area contributed by atoms with Crippen molar-refractivity contribution in [3.63, 3.8) is 0 Å². The van der Waals surface area contributed by atoms with Crippen molar-refractivity contribution in [2.75, 3.05) is 36.4 Å². The Morgan fingerprint density at radius 2 is 1.84 bits per heavy atom. The molecule has 234 valence electrons. The number of carbonyl (C=O) groups excluding carboxylic acids is 2. The Bertz CT molecular complexity index is 1460. The SMILES string of the molecule is CCn1nccc1C(=O)NC(C(=O)Nc1ncc(-c2c(C)nn(COCCS(C)(C)C)c2C)cc1O)C(C1CC1)C1CC1. The lowest BCUT2D eigenvalue weighted by atomic mass is 9.88. The minimum atomic E-state index is -0.740. The minimum Gasteiger partial charge on any atom is -0.504 e. The number of carbonyl (C=O) groups is 2. The standard InChI is InChI=1S/C31H45N7O4S/c1-7-37-24(12-13-33-37)30(40)34-28(27(21-8-9-21)22-10-11-22)31(41)35-29-25(39)16-23(17-32-29)26-19(2)36-38(20(26)3)18-42-14-15-43(4,5)6/h12-13,16-17,21-22,27-28,39H,7-11,14-15,18H2,1-6H3,(H,34,40)(H,32,35,41). The van der Waals surface area contributed by atoms with Crippen LogP contribution in [-0.4, -0.2) is 78.6 Å². The van der Waals surface area contributed by atoms with Gasteiger partial charge in [-0.05, 0) is 95.1 Å². The molecule has 2 fully saturated rings. The van der Waals surface area contributed by atoms with Crippen molar-refractivity contribution in [2.45, 2.75) is 65.8 Å². The molecule has 5 rings (SSSR count). The van der Waals surface area contributed by atoms with E-state index in [4.69, 9.17) is 4.74 Å². The van der Waals surface area contributed by atoms with Gasteiger partial charge in [-0.1, -0.05) is 0 Å². The molecule has 0 aliphatic heterocycles. The largest absolute Gasteiger partial charge is 0.504 e. The van der Waals surface area contributed by atoms with Gasteiger partial charge in [0.05, 0.1) is 12.3 Å². The van der Waals surface area contributed by atoms with E-state index in [1.165, 1.54) is 0 Å². The fourth-order valence-electron chi connectivity index (χ4n) is 5.80. The Hall–Kier alpha value is -3.38. The molecular formula is C31H45N7O4S. The Kier molecular flexibility index (Phi) is 9.17. The molecule has 2 aliphatic carbocycles. The average Bonchev–Trinajstić information content (AvgIpc) is 3.88. The molecule has 3 heterocycles. The fraction of sp³-hybridized carbons (Fsp3) is 0.581.